The van der Waals surface area contributed by atoms with Gasteiger partial charge in [0.1, 0.15) is 5.69 Å². The van der Waals surface area contributed by atoms with E-state index in [2.05, 4.69) is 5.32 Å². The van der Waals surface area contributed by atoms with Gasteiger partial charge < -0.3 is 14.6 Å². The van der Waals surface area contributed by atoms with E-state index in [1.807, 2.05) is 22.9 Å². The number of rotatable bonds is 2. The fourth-order valence-corrected chi connectivity index (χ4v) is 2.07. The SMILES string of the molecule is COC(=O)c1cccn1C1CCNCC1.Cl. The molecule has 1 aromatic rings. The minimum Gasteiger partial charge on any atom is -0.464 e. The number of piperidine rings is 1. The maximum absolute atomic E-state index is 11.5. The quantitative estimate of drug-likeness (QED) is 0.804. The number of hydrogen-bond acceptors (Lipinski definition) is 3. The van der Waals surface area contributed by atoms with Crippen molar-refractivity contribution in [2.75, 3.05) is 20.2 Å². The highest BCUT2D eigenvalue weighted by Gasteiger charge is 2.19. The molecule has 1 aliphatic rings. The van der Waals surface area contributed by atoms with Crippen molar-refractivity contribution in [1.29, 1.82) is 0 Å². The van der Waals surface area contributed by atoms with Crippen LogP contribution in [-0.2, 0) is 4.74 Å². The van der Waals surface area contributed by atoms with Crippen molar-refractivity contribution >= 4 is 18.4 Å². The van der Waals surface area contributed by atoms with Crippen molar-refractivity contribution < 1.29 is 9.53 Å². The third-order valence-electron chi connectivity index (χ3n) is 2.88. The molecule has 0 aliphatic carbocycles. The number of methoxy groups -OCH3 is 1. The van der Waals surface area contributed by atoms with Crippen LogP contribution in [-0.4, -0.2) is 30.7 Å². The van der Waals surface area contributed by atoms with Gasteiger partial charge in [0.15, 0.2) is 0 Å². The Morgan fingerprint density at radius 1 is 1.50 bits per heavy atom. The van der Waals surface area contributed by atoms with E-state index in [9.17, 15) is 4.79 Å². The zero-order valence-electron chi connectivity index (χ0n) is 9.31. The third kappa shape index (κ3) is 2.57. The second kappa shape index (κ2) is 5.92. The Labute approximate surface area is 101 Å². The van der Waals surface area contributed by atoms with Crippen molar-refractivity contribution in [1.82, 2.24) is 9.88 Å². The van der Waals surface area contributed by atoms with Crippen molar-refractivity contribution in [3.63, 3.8) is 0 Å². The van der Waals surface area contributed by atoms with E-state index in [4.69, 9.17) is 4.74 Å². The summed E-state index contributed by atoms with van der Waals surface area (Å²) in [6.07, 6.45) is 4.10. The van der Waals surface area contributed by atoms with E-state index in [-0.39, 0.29) is 18.4 Å². The lowest BCUT2D eigenvalue weighted by molar-refractivity contribution is 0.0584. The molecule has 0 spiro atoms. The summed E-state index contributed by atoms with van der Waals surface area (Å²) < 4.78 is 6.79. The van der Waals surface area contributed by atoms with Crippen molar-refractivity contribution in [3.05, 3.63) is 24.0 Å². The maximum Gasteiger partial charge on any atom is 0.354 e. The summed E-state index contributed by atoms with van der Waals surface area (Å²) in [6, 6.07) is 4.14. The van der Waals surface area contributed by atoms with Crippen LogP contribution in [0.5, 0.6) is 0 Å². The van der Waals surface area contributed by atoms with E-state index in [0.717, 1.165) is 25.9 Å². The lowest BCUT2D eigenvalue weighted by atomic mass is 10.1. The van der Waals surface area contributed by atoms with Crippen LogP contribution < -0.4 is 5.32 Å². The summed E-state index contributed by atoms with van der Waals surface area (Å²) in [5, 5.41) is 3.31. The molecule has 0 saturated carbocycles. The fourth-order valence-electron chi connectivity index (χ4n) is 2.07. The largest absolute Gasteiger partial charge is 0.464 e. The number of esters is 1. The summed E-state index contributed by atoms with van der Waals surface area (Å²) in [7, 11) is 1.42. The molecule has 90 valence electrons. The molecule has 1 saturated heterocycles. The Bertz CT molecular complexity index is 346. The molecule has 0 radical (unpaired) electrons. The average Bonchev–Trinajstić information content (AvgIpc) is 2.78. The molecule has 0 unspecified atom stereocenters. The first kappa shape index (κ1) is 13.1. The molecule has 2 rings (SSSR count). The molecule has 0 atom stereocenters. The average molecular weight is 245 g/mol. The molecule has 1 fully saturated rings. The predicted octanol–water partition coefficient (Wildman–Crippen LogP) is 1.62. The number of carbonyl (C=O) groups excluding carboxylic acids is 1. The number of carbonyl (C=O) groups is 1. The minimum atomic E-state index is -0.251. The van der Waals surface area contributed by atoms with E-state index < -0.39 is 0 Å². The minimum absolute atomic E-state index is 0. The second-order valence-electron chi connectivity index (χ2n) is 3.77. The van der Waals surface area contributed by atoms with E-state index >= 15 is 0 Å². The fraction of sp³-hybridized carbons (Fsp3) is 0.545. The second-order valence-corrected chi connectivity index (χ2v) is 3.77. The maximum atomic E-state index is 11.5. The summed E-state index contributed by atoms with van der Waals surface area (Å²) in [5.74, 6) is -0.251. The third-order valence-corrected chi connectivity index (χ3v) is 2.88. The molecular formula is C11H17ClN2O2. The molecule has 1 N–H and O–H groups in total. The highest BCUT2D eigenvalue weighted by atomic mass is 35.5. The van der Waals surface area contributed by atoms with Gasteiger partial charge in [-0.2, -0.15) is 0 Å². The highest BCUT2D eigenvalue weighted by molar-refractivity contribution is 5.87. The number of aromatic nitrogens is 1. The highest BCUT2D eigenvalue weighted by Crippen LogP contribution is 2.21. The van der Waals surface area contributed by atoms with Crippen LogP contribution >= 0.6 is 12.4 Å². The van der Waals surface area contributed by atoms with Gasteiger partial charge >= 0.3 is 5.97 Å². The first-order chi connectivity index (χ1) is 7.33. The Kier molecular flexibility index (Phi) is 4.83. The number of nitrogens with one attached hydrogen (secondary N) is 1. The molecule has 0 amide bonds. The Hall–Kier alpha value is -1.00. The summed E-state index contributed by atoms with van der Waals surface area (Å²) in [5.41, 5.74) is 0.657. The summed E-state index contributed by atoms with van der Waals surface area (Å²) in [4.78, 5) is 11.5. The van der Waals surface area contributed by atoms with Crippen LogP contribution in [0.15, 0.2) is 18.3 Å². The lowest BCUT2D eigenvalue weighted by Gasteiger charge is -2.25. The molecule has 2 heterocycles. The molecule has 1 aliphatic heterocycles. The monoisotopic (exact) mass is 244 g/mol. The van der Waals surface area contributed by atoms with Crippen LogP contribution in [0.3, 0.4) is 0 Å². The van der Waals surface area contributed by atoms with Gasteiger partial charge in [0, 0.05) is 12.2 Å². The van der Waals surface area contributed by atoms with Crippen LogP contribution in [0.25, 0.3) is 0 Å². The Morgan fingerprint density at radius 2 is 2.19 bits per heavy atom. The first-order valence-electron chi connectivity index (χ1n) is 5.29. The van der Waals surface area contributed by atoms with Crippen molar-refractivity contribution in [2.45, 2.75) is 18.9 Å². The van der Waals surface area contributed by atoms with Crippen LogP contribution in [0, 0.1) is 0 Å². The molecule has 4 nitrogen and oxygen atoms in total. The number of halogens is 1. The van der Waals surface area contributed by atoms with Crippen LogP contribution in [0.2, 0.25) is 0 Å². The van der Waals surface area contributed by atoms with E-state index in [0.29, 0.717) is 11.7 Å². The lowest BCUT2D eigenvalue weighted by Crippen LogP contribution is -2.30. The van der Waals surface area contributed by atoms with Gasteiger partial charge in [0.2, 0.25) is 0 Å². The standard InChI is InChI=1S/C11H16N2O2.ClH/c1-15-11(14)10-3-2-8-13(10)9-4-6-12-7-5-9;/h2-3,8-9,12H,4-7H2,1H3;1H. The Balaban J connectivity index is 0.00000128. The zero-order chi connectivity index (χ0) is 10.7. The number of nitrogens with zero attached hydrogens (tertiary/aromatic N) is 1. The van der Waals surface area contributed by atoms with Gasteiger partial charge in [-0.25, -0.2) is 4.79 Å². The van der Waals surface area contributed by atoms with Gasteiger partial charge in [0.25, 0.3) is 0 Å². The normalized spacial score (nSPS) is 16.6. The van der Waals surface area contributed by atoms with E-state index in [1.165, 1.54) is 7.11 Å². The zero-order valence-corrected chi connectivity index (χ0v) is 10.1. The Morgan fingerprint density at radius 3 is 2.81 bits per heavy atom. The van der Waals surface area contributed by atoms with Gasteiger partial charge in [-0.05, 0) is 38.1 Å². The van der Waals surface area contributed by atoms with Crippen LogP contribution in [0.1, 0.15) is 29.4 Å². The van der Waals surface area contributed by atoms with Gasteiger partial charge in [-0.15, -0.1) is 12.4 Å². The van der Waals surface area contributed by atoms with Gasteiger partial charge in [0.05, 0.1) is 7.11 Å². The van der Waals surface area contributed by atoms with Gasteiger partial charge in [-0.3, -0.25) is 0 Å². The molecule has 1 aromatic heterocycles. The predicted molar refractivity (Wildman–Crippen MR) is 64.2 cm³/mol. The number of ether oxygens (including phenoxy) is 1. The van der Waals surface area contributed by atoms with E-state index in [1.54, 1.807) is 0 Å². The summed E-state index contributed by atoms with van der Waals surface area (Å²) >= 11 is 0. The number of hydrogen-bond donors (Lipinski definition) is 1. The summed E-state index contributed by atoms with van der Waals surface area (Å²) in [6.45, 7) is 2.03. The molecular weight excluding hydrogens is 228 g/mol. The van der Waals surface area contributed by atoms with Crippen molar-refractivity contribution in [2.24, 2.45) is 0 Å². The topological polar surface area (TPSA) is 43.3 Å². The smallest absolute Gasteiger partial charge is 0.354 e. The molecule has 0 bridgehead atoms. The first-order valence-corrected chi connectivity index (χ1v) is 5.29. The van der Waals surface area contributed by atoms with Gasteiger partial charge in [-0.1, -0.05) is 0 Å². The van der Waals surface area contributed by atoms with Crippen LogP contribution in [0.4, 0.5) is 0 Å². The molecule has 0 aromatic carbocycles. The molecule has 16 heavy (non-hydrogen) atoms. The molecule has 5 heteroatoms. The van der Waals surface area contributed by atoms with Crippen molar-refractivity contribution in [3.8, 4) is 0 Å².